The molecule has 2 aromatic rings. The minimum Gasteiger partial charge on any atom is -0.391 e. The predicted octanol–water partition coefficient (Wildman–Crippen LogP) is 1.52. The highest BCUT2D eigenvalue weighted by Gasteiger charge is 2.19. The Balaban J connectivity index is 2.01. The minimum absolute atomic E-state index is 0.206. The molecule has 0 radical (unpaired) electrons. The molecule has 0 amide bonds. The van der Waals surface area contributed by atoms with Crippen molar-refractivity contribution in [3.8, 4) is 0 Å². The minimum atomic E-state index is -0.206. The maximum atomic E-state index is 9.69. The smallest absolute Gasteiger partial charge is 0.112 e. The summed E-state index contributed by atoms with van der Waals surface area (Å²) >= 11 is 0. The van der Waals surface area contributed by atoms with Crippen molar-refractivity contribution >= 4 is 16.7 Å². The van der Waals surface area contributed by atoms with E-state index in [0.717, 1.165) is 36.1 Å². The fourth-order valence-corrected chi connectivity index (χ4v) is 2.38. The highest BCUT2D eigenvalue weighted by atomic mass is 16.3. The number of H-pyrrole nitrogens is 1. The van der Waals surface area contributed by atoms with Gasteiger partial charge in [-0.05, 0) is 25.0 Å². The van der Waals surface area contributed by atoms with Gasteiger partial charge in [0.2, 0.25) is 0 Å². The van der Waals surface area contributed by atoms with Crippen LogP contribution in [0.25, 0.3) is 11.0 Å². The Morgan fingerprint density at radius 3 is 3.25 bits per heavy atom. The molecular weight excluding hydrogens is 202 g/mol. The van der Waals surface area contributed by atoms with E-state index >= 15 is 0 Å². The Hall–Kier alpha value is -1.55. The number of benzene rings is 1. The van der Waals surface area contributed by atoms with E-state index in [4.69, 9.17) is 0 Å². The molecule has 2 heterocycles. The number of aliphatic hydroxyl groups excluding tert-OH is 1. The van der Waals surface area contributed by atoms with Crippen LogP contribution in [-0.2, 0) is 0 Å². The van der Waals surface area contributed by atoms with Crippen molar-refractivity contribution in [2.45, 2.75) is 18.9 Å². The summed E-state index contributed by atoms with van der Waals surface area (Å²) in [5.41, 5.74) is 3.17. The quantitative estimate of drug-likeness (QED) is 0.761. The first-order valence-electron chi connectivity index (χ1n) is 5.70. The second-order valence-corrected chi connectivity index (χ2v) is 4.32. The summed E-state index contributed by atoms with van der Waals surface area (Å²) in [7, 11) is 0. The molecule has 1 atom stereocenters. The molecule has 16 heavy (non-hydrogen) atoms. The average molecular weight is 217 g/mol. The molecule has 3 rings (SSSR count). The molecule has 1 fully saturated rings. The zero-order valence-corrected chi connectivity index (χ0v) is 9.06. The van der Waals surface area contributed by atoms with Gasteiger partial charge >= 0.3 is 0 Å². The molecule has 1 aromatic heterocycles. The van der Waals surface area contributed by atoms with Crippen molar-refractivity contribution in [2.75, 3.05) is 18.0 Å². The predicted molar refractivity (Wildman–Crippen MR) is 63.5 cm³/mol. The summed E-state index contributed by atoms with van der Waals surface area (Å²) in [6, 6.07) is 6.12. The van der Waals surface area contributed by atoms with Crippen LogP contribution in [0.3, 0.4) is 0 Å². The van der Waals surface area contributed by atoms with Gasteiger partial charge in [-0.1, -0.05) is 6.07 Å². The number of piperidine rings is 1. The van der Waals surface area contributed by atoms with Crippen LogP contribution in [0.15, 0.2) is 24.5 Å². The van der Waals surface area contributed by atoms with Crippen LogP contribution < -0.4 is 4.90 Å². The van der Waals surface area contributed by atoms with Crippen molar-refractivity contribution in [3.05, 3.63) is 24.5 Å². The second kappa shape index (κ2) is 3.79. The second-order valence-electron chi connectivity index (χ2n) is 4.32. The number of aromatic nitrogens is 2. The fourth-order valence-electron chi connectivity index (χ4n) is 2.38. The Kier molecular flexibility index (Phi) is 2.29. The number of nitrogens with zero attached hydrogens (tertiary/aromatic N) is 2. The van der Waals surface area contributed by atoms with Crippen LogP contribution in [-0.4, -0.2) is 34.3 Å². The van der Waals surface area contributed by atoms with E-state index in [1.165, 1.54) is 0 Å². The first-order valence-corrected chi connectivity index (χ1v) is 5.70. The van der Waals surface area contributed by atoms with Crippen LogP contribution in [0, 0.1) is 0 Å². The van der Waals surface area contributed by atoms with Crippen molar-refractivity contribution < 1.29 is 5.11 Å². The van der Waals surface area contributed by atoms with E-state index in [0.29, 0.717) is 6.54 Å². The number of nitrogens with one attached hydrogen (secondary N) is 1. The molecule has 4 nitrogen and oxygen atoms in total. The summed E-state index contributed by atoms with van der Waals surface area (Å²) in [6.07, 6.45) is 3.46. The van der Waals surface area contributed by atoms with Gasteiger partial charge in [0.15, 0.2) is 0 Å². The molecular formula is C12H15N3O. The summed E-state index contributed by atoms with van der Waals surface area (Å²) in [5.74, 6) is 0. The molecule has 0 aliphatic carbocycles. The number of hydrogen-bond acceptors (Lipinski definition) is 3. The number of rotatable bonds is 1. The topological polar surface area (TPSA) is 52.1 Å². The van der Waals surface area contributed by atoms with E-state index < -0.39 is 0 Å². The van der Waals surface area contributed by atoms with Crippen molar-refractivity contribution in [1.82, 2.24) is 9.97 Å². The molecule has 0 bridgehead atoms. The third kappa shape index (κ3) is 1.55. The van der Waals surface area contributed by atoms with Gasteiger partial charge in [-0.2, -0.15) is 0 Å². The van der Waals surface area contributed by atoms with Gasteiger partial charge in [0.1, 0.15) is 5.52 Å². The van der Waals surface area contributed by atoms with Gasteiger partial charge in [-0.25, -0.2) is 4.98 Å². The molecule has 1 aliphatic rings. The van der Waals surface area contributed by atoms with Crippen molar-refractivity contribution in [1.29, 1.82) is 0 Å². The normalized spacial score (nSPS) is 21.6. The molecule has 2 N–H and O–H groups in total. The standard InChI is InChI=1S/C12H15N3O/c16-9-3-2-6-15(7-9)11-5-1-4-10-12(11)14-8-13-10/h1,4-5,8-9,16H,2-3,6-7H2,(H,13,14)/t9-/m1/s1. The zero-order chi connectivity index (χ0) is 11.0. The first-order chi connectivity index (χ1) is 7.84. The number of hydrogen-bond donors (Lipinski definition) is 2. The number of β-amino-alcohol motifs (C(OH)–C–C–N with tert-alkyl or cyclic N) is 1. The molecule has 0 unspecified atom stereocenters. The van der Waals surface area contributed by atoms with Gasteiger partial charge in [0.05, 0.1) is 23.6 Å². The van der Waals surface area contributed by atoms with Gasteiger partial charge in [0.25, 0.3) is 0 Å². The third-order valence-electron chi connectivity index (χ3n) is 3.17. The number of aliphatic hydroxyl groups is 1. The highest BCUT2D eigenvalue weighted by Crippen LogP contribution is 2.26. The number of imidazole rings is 1. The number of para-hydroxylation sites is 1. The van der Waals surface area contributed by atoms with Crippen LogP contribution >= 0.6 is 0 Å². The summed E-state index contributed by atoms with van der Waals surface area (Å²) in [4.78, 5) is 9.67. The number of aromatic amines is 1. The number of anilines is 1. The molecule has 0 spiro atoms. The van der Waals surface area contributed by atoms with E-state index in [1.54, 1.807) is 6.33 Å². The molecule has 84 valence electrons. The average Bonchev–Trinajstić information content (AvgIpc) is 2.76. The van der Waals surface area contributed by atoms with E-state index in [-0.39, 0.29) is 6.10 Å². The lowest BCUT2D eigenvalue weighted by Gasteiger charge is -2.32. The largest absolute Gasteiger partial charge is 0.391 e. The third-order valence-corrected chi connectivity index (χ3v) is 3.17. The fraction of sp³-hybridized carbons (Fsp3) is 0.417. The van der Waals surface area contributed by atoms with Crippen molar-refractivity contribution in [2.24, 2.45) is 0 Å². The molecule has 0 saturated carbocycles. The Labute approximate surface area is 93.9 Å². The Morgan fingerprint density at radius 2 is 2.38 bits per heavy atom. The lowest BCUT2D eigenvalue weighted by atomic mass is 10.1. The van der Waals surface area contributed by atoms with E-state index in [2.05, 4.69) is 20.9 Å². The lowest BCUT2D eigenvalue weighted by Crippen LogP contribution is -2.38. The Bertz CT molecular complexity index is 494. The SMILES string of the molecule is O[C@@H]1CCCN(c2cccc3[nH]cnc23)C1. The summed E-state index contributed by atoms with van der Waals surface area (Å²) in [5, 5.41) is 9.69. The monoisotopic (exact) mass is 217 g/mol. The maximum absolute atomic E-state index is 9.69. The molecule has 1 saturated heterocycles. The van der Waals surface area contributed by atoms with E-state index in [1.807, 2.05) is 12.1 Å². The molecule has 4 heteroatoms. The lowest BCUT2D eigenvalue weighted by molar-refractivity contribution is 0.154. The highest BCUT2D eigenvalue weighted by molar-refractivity contribution is 5.88. The van der Waals surface area contributed by atoms with Crippen LogP contribution in [0.1, 0.15) is 12.8 Å². The first kappa shape index (κ1) is 9.66. The maximum Gasteiger partial charge on any atom is 0.112 e. The van der Waals surface area contributed by atoms with Crippen LogP contribution in [0.5, 0.6) is 0 Å². The van der Waals surface area contributed by atoms with Crippen molar-refractivity contribution in [3.63, 3.8) is 0 Å². The number of fused-ring (bicyclic) bond motifs is 1. The van der Waals surface area contributed by atoms with Gasteiger partial charge < -0.3 is 15.0 Å². The van der Waals surface area contributed by atoms with Crippen LogP contribution in [0.2, 0.25) is 0 Å². The molecule has 1 aliphatic heterocycles. The summed E-state index contributed by atoms with van der Waals surface area (Å²) < 4.78 is 0. The van der Waals surface area contributed by atoms with E-state index in [9.17, 15) is 5.11 Å². The molecule has 1 aromatic carbocycles. The van der Waals surface area contributed by atoms with Gasteiger partial charge in [-0.3, -0.25) is 0 Å². The zero-order valence-electron chi connectivity index (χ0n) is 9.06. The summed E-state index contributed by atoms with van der Waals surface area (Å²) in [6.45, 7) is 1.72. The van der Waals surface area contributed by atoms with Crippen LogP contribution in [0.4, 0.5) is 5.69 Å². The van der Waals surface area contributed by atoms with Gasteiger partial charge in [-0.15, -0.1) is 0 Å². The van der Waals surface area contributed by atoms with Gasteiger partial charge in [0, 0.05) is 13.1 Å². The Morgan fingerprint density at radius 1 is 1.44 bits per heavy atom.